The Hall–Kier alpha value is -3.42. The van der Waals surface area contributed by atoms with Gasteiger partial charge < -0.3 is 19.3 Å². The topological polar surface area (TPSA) is 99.4 Å². The molecule has 1 amide bonds. The van der Waals surface area contributed by atoms with Gasteiger partial charge in [-0.3, -0.25) is 9.78 Å². The Bertz CT molecular complexity index is 926. The maximum Gasteiger partial charge on any atom is 0.231 e. The van der Waals surface area contributed by atoms with Crippen LogP contribution in [0.25, 0.3) is 11.4 Å². The lowest BCUT2D eigenvalue weighted by Gasteiger charge is -2.05. The van der Waals surface area contributed by atoms with Gasteiger partial charge in [-0.15, -0.1) is 0 Å². The fourth-order valence-corrected chi connectivity index (χ4v) is 2.73. The van der Waals surface area contributed by atoms with Gasteiger partial charge in [0.2, 0.25) is 24.4 Å². The first-order valence-electron chi connectivity index (χ1n) is 8.66. The Morgan fingerprint density at radius 2 is 1.93 bits per heavy atom. The standard InChI is InChI=1S/C19H18N4O4/c24-17(21-10-5-13-1-2-15-16(11-13)26-12-25-15)3-4-18-22-19(23-27-18)14-6-8-20-9-7-14/h1-2,6-9,11H,3-5,10,12H2,(H,21,24). The van der Waals surface area contributed by atoms with Gasteiger partial charge in [-0.25, -0.2) is 0 Å². The lowest BCUT2D eigenvalue weighted by Crippen LogP contribution is -2.25. The molecule has 4 rings (SSSR count). The van der Waals surface area contributed by atoms with Crippen LogP contribution in [0.3, 0.4) is 0 Å². The number of benzene rings is 1. The number of hydrogen-bond donors (Lipinski definition) is 1. The Morgan fingerprint density at radius 3 is 2.81 bits per heavy atom. The quantitative estimate of drug-likeness (QED) is 0.684. The highest BCUT2D eigenvalue weighted by Crippen LogP contribution is 2.32. The number of rotatable bonds is 7. The summed E-state index contributed by atoms with van der Waals surface area (Å²) in [5.74, 6) is 2.39. The van der Waals surface area contributed by atoms with Gasteiger partial charge in [-0.05, 0) is 36.2 Å². The molecule has 3 heterocycles. The minimum Gasteiger partial charge on any atom is -0.454 e. The number of aromatic nitrogens is 3. The molecule has 8 heteroatoms. The van der Waals surface area contributed by atoms with Gasteiger partial charge in [-0.1, -0.05) is 11.2 Å². The van der Waals surface area contributed by atoms with Crippen LogP contribution >= 0.6 is 0 Å². The molecular formula is C19H18N4O4. The van der Waals surface area contributed by atoms with Crippen LogP contribution in [0.15, 0.2) is 47.2 Å². The Kier molecular flexibility index (Phi) is 4.95. The molecule has 3 aromatic rings. The van der Waals surface area contributed by atoms with Crippen molar-refractivity contribution in [2.24, 2.45) is 0 Å². The highest BCUT2D eigenvalue weighted by atomic mass is 16.7. The van der Waals surface area contributed by atoms with Gasteiger partial charge in [0, 0.05) is 37.3 Å². The highest BCUT2D eigenvalue weighted by molar-refractivity contribution is 5.76. The maximum absolute atomic E-state index is 12.0. The Morgan fingerprint density at radius 1 is 1.07 bits per heavy atom. The first kappa shape index (κ1) is 17.0. The smallest absolute Gasteiger partial charge is 0.231 e. The van der Waals surface area contributed by atoms with E-state index in [1.165, 1.54) is 0 Å². The Balaban J connectivity index is 1.22. The van der Waals surface area contributed by atoms with Crippen molar-refractivity contribution in [3.8, 4) is 22.9 Å². The summed E-state index contributed by atoms with van der Waals surface area (Å²) in [7, 11) is 0. The summed E-state index contributed by atoms with van der Waals surface area (Å²) in [6.45, 7) is 0.804. The fourth-order valence-electron chi connectivity index (χ4n) is 2.73. The average molecular weight is 366 g/mol. The molecule has 0 saturated carbocycles. The van der Waals surface area contributed by atoms with Crippen LogP contribution in [-0.4, -0.2) is 34.4 Å². The number of carbonyl (C=O) groups excluding carboxylic acids is 1. The highest BCUT2D eigenvalue weighted by Gasteiger charge is 2.13. The van der Waals surface area contributed by atoms with Crippen molar-refractivity contribution >= 4 is 5.91 Å². The molecule has 0 atom stereocenters. The third kappa shape index (κ3) is 4.22. The maximum atomic E-state index is 12.0. The van der Waals surface area contributed by atoms with Crippen LogP contribution in [0.4, 0.5) is 0 Å². The molecule has 0 fully saturated rings. The number of hydrogen-bond acceptors (Lipinski definition) is 7. The van der Waals surface area contributed by atoms with E-state index >= 15 is 0 Å². The minimum absolute atomic E-state index is 0.0561. The molecule has 138 valence electrons. The molecule has 0 radical (unpaired) electrons. The molecule has 0 saturated heterocycles. The van der Waals surface area contributed by atoms with Crippen LogP contribution in [0.1, 0.15) is 17.9 Å². The van der Waals surface area contributed by atoms with E-state index in [0.29, 0.717) is 31.1 Å². The zero-order chi connectivity index (χ0) is 18.5. The predicted octanol–water partition coefficient (Wildman–Crippen LogP) is 2.15. The number of carbonyl (C=O) groups is 1. The van der Waals surface area contributed by atoms with E-state index in [9.17, 15) is 4.79 Å². The van der Waals surface area contributed by atoms with Gasteiger partial charge in [0.25, 0.3) is 0 Å². The van der Waals surface area contributed by atoms with Crippen LogP contribution in [0.5, 0.6) is 11.5 Å². The molecule has 0 unspecified atom stereocenters. The number of fused-ring (bicyclic) bond motifs is 1. The van der Waals surface area contributed by atoms with E-state index in [0.717, 1.165) is 29.0 Å². The van der Waals surface area contributed by atoms with Crippen molar-refractivity contribution in [3.63, 3.8) is 0 Å². The van der Waals surface area contributed by atoms with Crippen LogP contribution < -0.4 is 14.8 Å². The first-order chi connectivity index (χ1) is 13.3. The van der Waals surface area contributed by atoms with Gasteiger partial charge in [0.05, 0.1) is 0 Å². The summed E-state index contributed by atoms with van der Waals surface area (Å²) in [5.41, 5.74) is 1.91. The summed E-state index contributed by atoms with van der Waals surface area (Å²) >= 11 is 0. The number of pyridine rings is 1. The van der Waals surface area contributed by atoms with E-state index in [2.05, 4.69) is 20.4 Å². The van der Waals surface area contributed by atoms with E-state index in [4.69, 9.17) is 14.0 Å². The van der Waals surface area contributed by atoms with Gasteiger partial charge >= 0.3 is 0 Å². The predicted molar refractivity (Wildman–Crippen MR) is 95.1 cm³/mol. The third-order valence-electron chi connectivity index (χ3n) is 4.15. The van der Waals surface area contributed by atoms with Gasteiger partial charge in [0.15, 0.2) is 11.5 Å². The molecule has 1 aliphatic rings. The average Bonchev–Trinajstić information content (AvgIpc) is 3.36. The second-order valence-electron chi connectivity index (χ2n) is 6.04. The van der Waals surface area contributed by atoms with Crippen molar-refractivity contribution in [1.82, 2.24) is 20.4 Å². The largest absolute Gasteiger partial charge is 0.454 e. The zero-order valence-corrected chi connectivity index (χ0v) is 14.6. The summed E-state index contributed by atoms with van der Waals surface area (Å²) in [4.78, 5) is 20.3. The molecule has 27 heavy (non-hydrogen) atoms. The number of aryl methyl sites for hydroxylation is 1. The molecule has 1 aromatic carbocycles. The molecule has 0 bridgehead atoms. The lowest BCUT2D eigenvalue weighted by atomic mass is 10.1. The van der Waals surface area contributed by atoms with Gasteiger partial charge in [0.1, 0.15) is 0 Å². The van der Waals surface area contributed by atoms with Crippen molar-refractivity contribution in [1.29, 1.82) is 0 Å². The summed E-state index contributed by atoms with van der Waals surface area (Å²) in [5, 5.41) is 6.83. The van der Waals surface area contributed by atoms with Crippen molar-refractivity contribution in [3.05, 3.63) is 54.2 Å². The molecule has 2 aromatic heterocycles. The van der Waals surface area contributed by atoms with E-state index in [1.807, 2.05) is 18.2 Å². The number of nitrogens with zero attached hydrogens (tertiary/aromatic N) is 3. The molecular weight excluding hydrogens is 348 g/mol. The molecule has 0 spiro atoms. The Labute approximate surface area is 155 Å². The van der Waals surface area contributed by atoms with Crippen LogP contribution in [0, 0.1) is 0 Å². The van der Waals surface area contributed by atoms with Crippen LogP contribution in [-0.2, 0) is 17.6 Å². The SMILES string of the molecule is O=C(CCc1nc(-c2ccncc2)no1)NCCc1ccc2c(c1)OCO2. The second kappa shape index (κ2) is 7.86. The van der Waals surface area contributed by atoms with E-state index < -0.39 is 0 Å². The number of ether oxygens (including phenoxy) is 2. The lowest BCUT2D eigenvalue weighted by molar-refractivity contribution is -0.121. The van der Waals surface area contributed by atoms with E-state index in [1.54, 1.807) is 24.5 Å². The normalized spacial score (nSPS) is 12.1. The fraction of sp³-hybridized carbons (Fsp3) is 0.263. The second-order valence-corrected chi connectivity index (χ2v) is 6.04. The van der Waals surface area contributed by atoms with Gasteiger partial charge in [-0.2, -0.15) is 4.98 Å². The monoisotopic (exact) mass is 366 g/mol. The summed E-state index contributed by atoms with van der Waals surface area (Å²) in [6.07, 6.45) is 4.74. The van der Waals surface area contributed by atoms with Crippen LogP contribution in [0.2, 0.25) is 0 Å². The number of amides is 1. The molecule has 8 nitrogen and oxygen atoms in total. The minimum atomic E-state index is -0.0561. The molecule has 0 aliphatic carbocycles. The third-order valence-corrected chi connectivity index (χ3v) is 4.15. The number of nitrogens with one attached hydrogen (secondary N) is 1. The first-order valence-corrected chi connectivity index (χ1v) is 8.66. The van der Waals surface area contributed by atoms with Crippen molar-refractivity contribution < 1.29 is 18.8 Å². The molecule has 1 aliphatic heterocycles. The summed E-state index contributed by atoms with van der Waals surface area (Å²) in [6, 6.07) is 9.40. The zero-order valence-electron chi connectivity index (χ0n) is 14.6. The summed E-state index contributed by atoms with van der Waals surface area (Å²) < 4.78 is 15.8. The van der Waals surface area contributed by atoms with Crippen molar-refractivity contribution in [2.45, 2.75) is 19.3 Å². The van der Waals surface area contributed by atoms with Crippen molar-refractivity contribution in [2.75, 3.05) is 13.3 Å². The molecule has 1 N–H and O–H groups in total. The van der Waals surface area contributed by atoms with E-state index in [-0.39, 0.29) is 12.7 Å².